The van der Waals surface area contributed by atoms with Crippen LogP contribution in [-0.4, -0.2) is 28.2 Å². The first-order valence-electron chi connectivity index (χ1n) is 12.7. The molecule has 0 aliphatic rings. The number of pyridine rings is 2. The van der Waals surface area contributed by atoms with Gasteiger partial charge >= 0.3 is 0 Å². The predicted molar refractivity (Wildman–Crippen MR) is 155 cm³/mol. The van der Waals surface area contributed by atoms with Gasteiger partial charge in [0.25, 0.3) is 0 Å². The van der Waals surface area contributed by atoms with Gasteiger partial charge in [-0.05, 0) is 73.4 Å². The molecule has 0 saturated heterocycles. The summed E-state index contributed by atoms with van der Waals surface area (Å²) in [6.45, 7) is 8.14. The predicted octanol–water partition coefficient (Wildman–Crippen LogP) is 7.93. The van der Waals surface area contributed by atoms with Crippen LogP contribution < -0.4 is 4.90 Å². The summed E-state index contributed by atoms with van der Waals surface area (Å²) in [6.07, 6.45) is 1.79. The number of anilines is 1. The summed E-state index contributed by atoms with van der Waals surface area (Å²) in [7, 11) is 0. The number of benzene rings is 3. The molecule has 186 valence electrons. The third kappa shape index (κ3) is 4.71. The molecule has 2 heterocycles. The van der Waals surface area contributed by atoms with Crippen LogP contribution in [-0.2, 0) is 6.61 Å². The highest BCUT2D eigenvalue weighted by atomic mass is 35.5. The number of fused-ring (bicyclic) bond motifs is 1. The van der Waals surface area contributed by atoms with Gasteiger partial charge in [-0.2, -0.15) is 0 Å². The van der Waals surface area contributed by atoms with E-state index in [2.05, 4.69) is 62.1 Å². The SMILES string of the molecule is CCN(CC)c1nc2ccc(-c3nccc(-c4cccc(Cl)c4)c3CO)cc2c(C)c1-c1ccccc1. The number of rotatable bonds is 7. The first kappa shape index (κ1) is 24.9. The third-order valence-corrected chi connectivity index (χ3v) is 7.21. The lowest BCUT2D eigenvalue weighted by Crippen LogP contribution is -2.24. The van der Waals surface area contributed by atoms with Crippen LogP contribution in [0.3, 0.4) is 0 Å². The van der Waals surface area contributed by atoms with Crippen LogP contribution in [0.25, 0.3) is 44.4 Å². The molecule has 0 aliphatic carbocycles. The number of hydrogen-bond acceptors (Lipinski definition) is 4. The maximum Gasteiger partial charge on any atom is 0.137 e. The van der Waals surface area contributed by atoms with Crippen molar-refractivity contribution in [2.24, 2.45) is 0 Å². The number of aliphatic hydroxyl groups is 1. The van der Waals surface area contributed by atoms with Gasteiger partial charge in [0, 0.05) is 46.4 Å². The highest BCUT2D eigenvalue weighted by molar-refractivity contribution is 6.30. The second-order valence-corrected chi connectivity index (χ2v) is 9.50. The van der Waals surface area contributed by atoms with Gasteiger partial charge in [0.1, 0.15) is 5.82 Å². The summed E-state index contributed by atoms with van der Waals surface area (Å²) in [5, 5.41) is 12.1. The van der Waals surface area contributed by atoms with Crippen molar-refractivity contribution in [3.63, 3.8) is 0 Å². The van der Waals surface area contributed by atoms with E-state index in [9.17, 15) is 5.11 Å². The van der Waals surface area contributed by atoms with Crippen LogP contribution in [0.2, 0.25) is 5.02 Å². The molecule has 0 saturated carbocycles. The zero-order chi connectivity index (χ0) is 25.9. The first-order valence-corrected chi connectivity index (χ1v) is 13.0. The molecule has 4 nitrogen and oxygen atoms in total. The summed E-state index contributed by atoms with van der Waals surface area (Å²) in [6, 6.07) is 26.3. The fraction of sp³-hybridized carbons (Fsp3) is 0.188. The normalized spacial score (nSPS) is 11.2. The Balaban J connectivity index is 1.73. The van der Waals surface area contributed by atoms with E-state index in [1.807, 2.05) is 42.5 Å². The molecule has 0 amide bonds. The Bertz CT molecular complexity index is 1560. The molecule has 2 aromatic heterocycles. The van der Waals surface area contributed by atoms with Crippen LogP contribution in [0, 0.1) is 6.92 Å². The Morgan fingerprint density at radius 3 is 2.30 bits per heavy atom. The van der Waals surface area contributed by atoms with Crippen molar-refractivity contribution in [3.8, 4) is 33.5 Å². The average Bonchev–Trinajstić information content (AvgIpc) is 2.94. The lowest BCUT2D eigenvalue weighted by Gasteiger charge is -2.25. The molecule has 0 bridgehead atoms. The number of aliphatic hydroxyl groups excluding tert-OH is 1. The van der Waals surface area contributed by atoms with E-state index < -0.39 is 0 Å². The van der Waals surface area contributed by atoms with Gasteiger partial charge in [-0.3, -0.25) is 4.98 Å². The van der Waals surface area contributed by atoms with Crippen LogP contribution in [0.5, 0.6) is 0 Å². The molecular formula is C32H30ClN3O. The Morgan fingerprint density at radius 2 is 1.59 bits per heavy atom. The molecule has 0 unspecified atom stereocenters. The highest BCUT2D eigenvalue weighted by Crippen LogP contribution is 2.39. The van der Waals surface area contributed by atoms with Gasteiger partial charge < -0.3 is 10.0 Å². The van der Waals surface area contributed by atoms with E-state index in [-0.39, 0.29) is 6.61 Å². The minimum atomic E-state index is -0.129. The Labute approximate surface area is 223 Å². The molecule has 0 spiro atoms. The van der Waals surface area contributed by atoms with E-state index in [0.29, 0.717) is 5.02 Å². The van der Waals surface area contributed by atoms with Crippen molar-refractivity contribution in [1.82, 2.24) is 9.97 Å². The van der Waals surface area contributed by atoms with Crippen molar-refractivity contribution in [1.29, 1.82) is 0 Å². The largest absolute Gasteiger partial charge is 0.392 e. The van der Waals surface area contributed by atoms with Crippen molar-refractivity contribution in [2.75, 3.05) is 18.0 Å². The van der Waals surface area contributed by atoms with E-state index in [1.54, 1.807) is 6.20 Å². The van der Waals surface area contributed by atoms with Crippen molar-refractivity contribution < 1.29 is 5.11 Å². The lowest BCUT2D eigenvalue weighted by atomic mass is 9.93. The van der Waals surface area contributed by atoms with Gasteiger partial charge in [-0.25, -0.2) is 4.98 Å². The van der Waals surface area contributed by atoms with Gasteiger partial charge in [0.05, 0.1) is 17.8 Å². The molecule has 5 heteroatoms. The molecule has 5 rings (SSSR count). The zero-order valence-corrected chi connectivity index (χ0v) is 22.1. The molecule has 5 aromatic rings. The third-order valence-electron chi connectivity index (χ3n) is 6.97. The number of aryl methyl sites for hydroxylation is 1. The molecule has 0 radical (unpaired) electrons. The van der Waals surface area contributed by atoms with Crippen molar-refractivity contribution >= 4 is 28.3 Å². The number of nitrogens with zero attached hydrogens (tertiary/aromatic N) is 3. The zero-order valence-electron chi connectivity index (χ0n) is 21.4. The van der Waals surface area contributed by atoms with Crippen molar-refractivity contribution in [2.45, 2.75) is 27.4 Å². The van der Waals surface area contributed by atoms with Crippen LogP contribution in [0.15, 0.2) is 85.1 Å². The van der Waals surface area contributed by atoms with Gasteiger partial charge in [0.2, 0.25) is 0 Å². The minimum absolute atomic E-state index is 0.129. The molecular weight excluding hydrogens is 478 g/mol. The fourth-order valence-corrected chi connectivity index (χ4v) is 5.27. The smallest absolute Gasteiger partial charge is 0.137 e. The topological polar surface area (TPSA) is 49.2 Å². The number of halogens is 1. The Kier molecular flexibility index (Phi) is 7.22. The number of hydrogen-bond donors (Lipinski definition) is 1. The average molecular weight is 508 g/mol. The molecule has 0 atom stereocenters. The van der Waals surface area contributed by atoms with Crippen LogP contribution in [0.1, 0.15) is 25.0 Å². The molecule has 0 aliphatic heterocycles. The van der Waals surface area contributed by atoms with Gasteiger partial charge in [-0.15, -0.1) is 0 Å². The second-order valence-electron chi connectivity index (χ2n) is 9.06. The van der Waals surface area contributed by atoms with E-state index in [0.717, 1.165) is 68.9 Å². The Morgan fingerprint density at radius 1 is 0.838 bits per heavy atom. The monoisotopic (exact) mass is 507 g/mol. The second kappa shape index (κ2) is 10.7. The molecule has 1 N–H and O–H groups in total. The maximum absolute atomic E-state index is 10.4. The maximum atomic E-state index is 10.4. The standard InChI is InChI=1S/C32H30ClN3O/c1-4-36(5-2)32-30(22-10-7-6-8-11-22)21(3)27-19-24(14-15-29(27)35-32)31-28(20-37)26(16-17-34-31)23-12-9-13-25(33)18-23/h6-19,37H,4-5,20H2,1-3H3. The van der Waals surface area contributed by atoms with E-state index in [4.69, 9.17) is 21.6 Å². The molecule has 0 fully saturated rings. The summed E-state index contributed by atoms with van der Waals surface area (Å²) < 4.78 is 0. The molecule has 3 aromatic carbocycles. The summed E-state index contributed by atoms with van der Waals surface area (Å²) in [4.78, 5) is 12.2. The summed E-state index contributed by atoms with van der Waals surface area (Å²) >= 11 is 6.26. The molecule has 37 heavy (non-hydrogen) atoms. The first-order chi connectivity index (χ1) is 18.0. The van der Waals surface area contributed by atoms with E-state index >= 15 is 0 Å². The Hall–Kier alpha value is -3.73. The van der Waals surface area contributed by atoms with Crippen LogP contribution in [0.4, 0.5) is 5.82 Å². The minimum Gasteiger partial charge on any atom is -0.392 e. The lowest BCUT2D eigenvalue weighted by molar-refractivity contribution is 0.282. The van der Waals surface area contributed by atoms with Crippen LogP contribution >= 0.6 is 11.6 Å². The fourth-order valence-electron chi connectivity index (χ4n) is 5.08. The van der Waals surface area contributed by atoms with Gasteiger partial charge in [0.15, 0.2) is 0 Å². The van der Waals surface area contributed by atoms with Crippen molar-refractivity contribution in [3.05, 3.63) is 101 Å². The quantitative estimate of drug-likeness (QED) is 0.243. The van der Waals surface area contributed by atoms with Gasteiger partial charge in [-0.1, -0.05) is 60.1 Å². The van der Waals surface area contributed by atoms with E-state index in [1.165, 1.54) is 5.56 Å². The number of aromatic nitrogens is 2. The highest BCUT2D eigenvalue weighted by Gasteiger charge is 2.19. The summed E-state index contributed by atoms with van der Waals surface area (Å²) in [5.41, 5.74) is 8.78. The summed E-state index contributed by atoms with van der Waals surface area (Å²) in [5.74, 6) is 1.01.